The van der Waals surface area contributed by atoms with Crippen LogP contribution in [0.2, 0.25) is 0 Å². The Kier molecular flexibility index (Phi) is 2.63. The fourth-order valence-electron chi connectivity index (χ4n) is 2.02. The minimum Gasteiger partial charge on any atom is -0.512 e. The Hall–Kier alpha value is -0.440. The lowest BCUT2D eigenvalue weighted by Crippen LogP contribution is -2.19. The molecule has 1 aliphatic carbocycles. The van der Waals surface area contributed by atoms with Crippen LogP contribution in [0.1, 0.15) is 32.1 Å². The Morgan fingerprint density at radius 1 is 1.31 bits per heavy atom. The summed E-state index contributed by atoms with van der Waals surface area (Å²) in [5.41, 5.74) is 0.744. The molecule has 3 heteroatoms. The van der Waals surface area contributed by atoms with Gasteiger partial charge >= 0.3 is 0 Å². The highest BCUT2D eigenvalue weighted by atomic mass is 32.2. The van der Waals surface area contributed by atoms with E-state index in [9.17, 15) is 9.90 Å². The highest BCUT2D eigenvalue weighted by molar-refractivity contribution is 8.00. The summed E-state index contributed by atoms with van der Waals surface area (Å²) in [6, 6.07) is 0. The summed E-state index contributed by atoms with van der Waals surface area (Å²) >= 11 is 1.82. The van der Waals surface area contributed by atoms with Gasteiger partial charge in [0.15, 0.2) is 5.78 Å². The first-order chi connectivity index (χ1) is 6.29. The summed E-state index contributed by atoms with van der Waals surface area (Å²) in [7, 11) is 0. The minimum atomic E-state index is 0.183. The Labute approximate surface area is 82.4 Å². The van der Waals surface area contributed by atoms with Crippen LogP contribution in [0.3, 0.4) is 0 Å². The number of aliphatic hydroxyl groups excluding tert-OH is 1. The van der Waals surface area contributed by atoms with Crippen LogP contribution in [-0.2, 0) is 4.79 Å². The standard InChI is InChI=1S/C10H14O2S/c11-7-3-1-4-8(12)10(7)9-5-2-6-13-9/h9,11H,1-6H2. The monoisotopic (exact) mass is 198 g/mol. The third-order valence-electron chi connectivity index (χ3n) is 2.68. The van der Waals surface area contributed by atoms with Crippen molar-refractivity contribution in [2.45, 2.75) is 37.4 Å². The molecule has 0 aromatic rings. The van der Waals surface area contributed by atoms with Crippen molar-refractivity contribution in [2.24, 2.45) is 0 Å². The van der Waals surface area contributed by atoms with E-state index in [0.717, 1.165) is 24.2 Å². The van der Waals surface area contributed by atoms with Gasteiger partial charge in [0.25, 0.3) is 0 Å². The molecule has 1 aliphatic heterocycles. The molecule has 0 radical (unpaired) electrons. The van der Waals surface area contributed by atoms with Crippen molar-refractivity contribution >= 4 is 17.5 Å². The number of rotatable bonds is 1. The molecule has 0 spiro atoms. The maximum Gasteiger partial charge on any atom is 0.163 e. The second-order valence-electron chi connectivity index (χ2n) is 3.64. The molecule has 0 saturated carbocycles. The van der Waals surface area contributed by atoms with Crippen molar-refractivity contribution in [3.63, 3.8) is 0 Å². The summed E-state index contributed by atoms with van der Waals surface area (Å²) in [6.07, 6.45) is 4.41. The summed E-state index contributed by atoms with van der Waals surface area (Å²) in [5, 5.41) is 9.94. The van der Waals surface area contributed by atoms with E-state index in [2.05, 4.69) is 0 Å². The second-order valence-corrected chi connectivity index (χ2v) is 4.95. The van der Waals surface area contributed by atoms with Crippen molar-refractivity contribution < 1.29 is 9.90 Å². The molecule has 2 aliphatic rings. The van der Waals surface area contributed by atoms with Gasteiger partial charge < -0.3 is 5.11 Å². The molecular weight excluding hydrogens is 184 g/mol. The zero-order valence-electron chi connectivity index (χ0n) is 7.58. The van der Waals surface area contributed by atoms with E-state index in [0.29, 0.717) is 23.9 Å². The van der Waals surface area contributed by atoms with E-state index in [1.165, 1.54) is 6.42 Å². The van der Waals surface area contributed by atoms with Crippen molar-refractivity contribution in [1.82, 2.24) is 0 Å². The molecule has 13 heavy (non-hydrogen) atoms. The first-order valence-electron chi connectivity index (χ1n) is 4.86. The van der Waals surface area contributed by atoms with E-state index in [4.69, 9.17) is 0 Å². The third-order valence-corrected chi connectivity index (χ3v) is 4.08. The van der Waals surface area contributed by atoms with Gasteiger partial charge in [-0.2, -0.15) is 11.8 Å². The molecule has 1 N–H and O–H groups in total. The van der Waals surface area contributed by atoms with Crippen LogP contribution in [0, 0.1) is 0 Å². The molecule has 1 saturated heterocycles. The van der Waals surface area contributed by atoms with Crippen LogP contribution in [0.5, 0.6) is 0 Å². The average molecular weight is 198 g/mol. The molecule has 0 amide bonds. The lowest BCUT2D eigenvalue weighted by atomic mass is 9.92. The van der Waals surface area contributed by atoms with Crippen molar-refractivity contribution in [3.8, 4) is 0 Å². The largest absolute Gasteiger partial charge is 0.512 e. The Bertz CT molecular complexity index is 252. The van der Waals surface area contributed by atoms with Gasteiger partial charge in [-0.25, -0.2) is 0 Å². The number of Topliss-reactive ketones (excluding diaryl/α,β-unsaturated/α-hetero) is 1. The van der Waals surface area contributed by atoms with Gasteiger partial charge in [-0.3, -0.25) is 4.79 Å². The number of aliphatic hydroxyl groups is 1. The average Bonchev–Trinajstić information content (AvgIpc) is 2.57. The molecule has 2 nitrogen and oxygen atoms in total. The summed E-state index contributed by atoms with van der Waals surface area (Å²) in [5.74, 6) is 1.69. The van der Waals surface area contributed by atoms with E-state index in [-0.39, 0.29) is 5.78 Å². The summed E-state index contributed by atoms with van der Waals surface area (Å²) < 4.78 is 0. The van der Waals surface area contributed by atoms with Gasteiger partial charge in [0, 0.05) is 23.7 Å². The third kappa shape index (κ3) is 1.75. The molecular formula is C10H14O2S. The van der Waals surface area contributed by atoms with Gasteiger partial charge in [-0.1, -0.05) is 0 Å². The fourth-order valence-corrected chi connectivity index (χ4v) is 3.40. The number of allylic oxidation sites excluding steroid dienone is 1. The van der Waals surface area contributed by atoms with Crippen LogP contribution in [0.4, 0.5) is 0 Å². The number of carbonyl (C=O) groups excluding carboxylic acids is 1. The van der Waals surface area contributed by atoms with Crippen LogP contribution in [0.25, 0.3) is 0 Å². The molecule has 1 heterocycles. The minimum absolute atomic E-state index is 0.183. The highest BCUT2D eigenvalue weighted by Crippen LogP contribution is 2.36. The maximum atomic E-state index is 11.6. The Morgan fingerprint density at radius 2 is 2.15 bits per heavy atom. The predicted molar refractivity (Wildman–Crippen MR) is 54.0 cm³/mol. The number of hydrogen-bond donors (Lipinski definition) is 1. The fraction of sp³-hybridized carbons (Fsp3) is 0.700. The van der Waals surface area contributed by atoms with Gasteiger partial charge in [0.2, 0.25) is 0 Å². The molecule has 1 fully saturated rings. The first-order valence-corrected chi connectivity index (χ1v) is 5.90. The van der Waals surface area contributed by atoms with Crippen LogP contribution in [0.15, 0.2) is 11.3 Å². The normalized spacial score (nSPS) is 29.8. The molecule has 0 aromatic heterocycles. The van der Waals surface area contributed by atoms with Crippen molar-refractivity contribution in [1.29, 1.82) is 0 Å². The van der Waals surface area contributed by atoms with Crippen LogP contribution < -0.4 is 0 Å². The SMILES string of the molecule is O=C1CCCC(O)=C1C1CCCS1. The number of thioether (sulfide) groups is 1. The van der Waals surface area contributed by atoms with Crippen LogP contribution >= 0.6 is 11.8 Å². The molecule has 0 bridgehead atoms. The summed E-state index contributed by atoms with van der Waals surface area (Å²) in [4.78, 5) is 11.6. The van der Waals surface area contributed by atoms with E-state index < -0.39 is 0 Å². The summed E-state index contributed by atoms with van der Waals surface area (Å²) in [6.45, 7) is 0. The maximum absolute atomic E-state index is 11.6. The highest BCUT2D eigenvalue weighted by Gasteiger charge is 2.30. The quantitative estimate of drug-likeness (QED) is 0.703. The van der Waals surface area contributed by atoms with Gasteiger partial charge in [0.1, 0.15) is 5.76 Å². The molecule has 72 valence electrons. The topological polar surface area (TPSA) is 37.3 Å². The first kappa shape index (κ1) is 9.13. The van der Waals surface area contributed by atoms with Gasteiger partial charge in [-0.15, -0.1) is 0 Å². The Balaban J connectivity index is 2.21. The van der Waals surface area contributed by atoms with E-state index >= 15 is 0 Å². The van der Waals surface area contributed by atoms with Gasteiger partial charge in [0.05, 0.1) is 0 Å². The Morgan fingerprint density at radius 3 is 2.77 bits per heavy atom. The molecule has 1 atom stereocenters. The van der Waals surface area contributed by atoms with E-state index in [1.807, 2.05) is 11.8 Å². The second kappa shape index (κ2) is 3.74. The number of carbonyl (C=O) groups is 1. The number of hydrogen-bond acceptors (Lipinski definition) is 3. The smallest absolute Gasteiger partial charge is 0.163 e. The number of ketones is 1. The van der Waals surface area contributed by atoms with Crippen molar-refractivity contribution in [3.05, 3.63) is 11.3 Å². The molecule has 1 unspecified atom stereocenters. The van der Waals surface area contributed by atoms with Crippen molar-refractivity contribution in [2.75, 3.05) is 5.75 Å². The zero-order valence-corrected chi connectivity index (χ0v) is 8.40. The molecule has 2 rings (SSSR count). The van der Waals surface area contributed by atoms with Gasteiger partial charge in [-0.05, 0) is 25.0 Å². The lowest BCUT2D eigenvalue weighted by Gasteiger charge is -2.19. The van der Waals surface area contributed by atoms with Crippen LogP contribution in [-0.4, -0.2) is 21.9 Å². The molecule has 0 aromatic carbocycles. The zero-order chi connectivity index (χ0) is 9.26. The lowest BCUT2D eigenvalue weighted by molar-refractivity contribution is -0.116. The predicted octanol–water partition coefficient (Wildman–Crippen LogP) is 2.45. The van der Waals surface area contributed by atoms with E-state index in [1.54, 1.807) is 0 Å².